The Morgan fingerprint density at radius 2 is 1.14 bits per heavy atom. The van der Waals surface area contributed by atoms with Crippen molar-refractivity contribution in [1.29, 1.82) is 0 Å². The van der Waals surface area contributed by atoms with Gasteiger partial charge in [-0.15, -0.1) is 0 Å². The first kappa shape index (κ1) is 12.9. The summed E-state index contributed by atoms with van der Waals surface area (Å²) in [6, 6.07) is 21.4. The molecule has 21 heavy (non-hydrogen) atoms. The van der Waals surface area contributed by atoms with Gasteiger partial charge in [-0.1, -0.05) is 58.9 Å². The summed E-state index contributed by atoms with van der Waals surface area (Å²) in [6.45, 7) is 0. The number of benzene rings is 3. The maximum Gasteiger partial charge on any atom is 0.356 e. The van der Waals surface area contributed by atoms with Crippen LogP contribution in [0.2, 0.25) is 0 Å². The molecule has 1 aliphatic rings. The lowest BCUT2D eigenvalue weighted by Gasteiger charge is -2.00. The number of carbonyl (C=O) groups is 2. The molecule has 0 unspecified atom stereocenters. The molecule has 102 valence electrons. The molecule has 0 atom stereocenters. The zero-order valence-electron chi connectivity index (χ0n) is 11.0. The fourth-order valence-corrected chi connectivity index (χ4v) is 2.09. The number of nitrogens with one attached hydrogen (secondary N) is 1. The molecule has 5 nitrogen and oxygen atoms in total. The van der Waals surface area contributed by atoms with Gasteiger partial charge in [0.25, 0.3) is 0 Å². The minimum atomic E-state index is -0.833. The first-order chi connectivity index (χ1) is 10.2. The van der Waals surface area contributed by atoms with E-state index in [0.717, 1.165) is 0 Å². The molecule has 1 heterocycles. The molecule has 0 fully saturated rings. The van der Waals surface area contributed by atoms with Crippen LogP contribution >= 0.6 is 0 Å². The largest absolute Gasteiger partial charge is 0.356 e. The highest BCUT2D eigenvalue weighted by atomic mass is 16.2. The molecule has 2 amide bonds. The third-order valence-electron chi connectivity index (χ3n) is 3.10. The molecule has 5 heteroatoms. The smallest absolute Gasteiger partial charge is 0.261 e. The molecule has 0 aromatic heterocycles. The molecular weight excluding hydrogens is 266 g/mol. The summed E-state index contributed by atoms with van der Waals surface area (Å²) in [4.78, 5) is 19.8. The lowest BCUT2D eigenvalue weighted by atomic mass is 10.0. The number of nitrogens with zero attached hydrogens (tertiary/aromatic N) is 2. The summed E-state index contributed by atoms with van der Waals surface area (Å²) in [5.41, 5.74) is 1.84. The fourth-order valence-electron chi connectivity index (χ4n) is 2.09. The standard InChI is InChI=1S/C14H10.C2HN3O2/c1-2-6-12-10-14-8-4-3-7-13(14)9-11(12)5-1;6-1-2(7)4-5-3-1/h1-10H;(H,3,4,6,7). The van der Waals surface area contributed by atoms with Gasteiger partial charge in [-0.25, -0.2) is 5.43 Å². The van der Waals surface area contributed by atoms with Gasteiger partial charge in [-0.2, -0.15) is 0 Å². The van der Waals surface area contributed by atoms with Crippen LogP contribution in [0.15, 0.2) is 71.0 Å². The van der Waals surface area contributed by atoms with Crippen LogP contribution in [-0.4, -0.2) is 11.8 Å². The van der Waals surface area contributed by atoms with Crippen LogP contribution in [0.3, 0.4) is 0 Å². The maximum atomic E-state index is 9.93. The van der Waals surface area contributed by atoms with Gasteiger partial charge < -0.3 is 0 Å². The zero-order chi connectivity index (χ0) is 14.7. The van der Waals surface area contributed by atoms with Crippen LogP contribution < -0.4 is 5.43 Å². The van der Waals surface area contributed by atoms with Crippen molar-refractivity contribution in [2.75, 3.05) is 0 Å². The predicted octanol–water partition coefficient (Wildman–Crippen LogP) is 3.00. The number of rotatable bonds is 0. The Bertz CT molecular complexity index is 766. The summed E-state index contributed by atoms with van der Waals surface area (Å²) < 4.78 is 0. The minimum Gasteiger partial charge on any atom is -0.261 e. The number of carbonyl (C=O) groups excluding carboxylic acids is 2. The van der Waals surface area contributed by atoms with E-state index in [0.29, 0.717) is 0 Å². The van der Waals surface area contributed by atoms with Gasteiger partial charge in [0, 0.05) is 0 Å². The van der Waals surface area contributed by atoms with E-state index >= 15 is 0 Å². The lowest BCUT2D eigenvalue weighted by molar-refractivity contribution is -0.135. The second kappa shape index (κ2) is 5.50. The van der Waals surface area contributed by atoms with Crippen molar-refractivity contribution in [3.8, 4) is 0 Å². The molecule has 0 aliphatic carbocycles. The van der Waals surface area contributed by atoms with Gasteiger partial charge in [0.1, 0.15) is 0 Å². The highest BCUT2D eigenvalue weighted by Crippen LogP contribution is 2.21. The number of fused-ring (bicyclic) bond motifs is 2. The van der Waals surface area contributed by atoms with Crippen molar-refractivity contribution in [2.45, 2.75) is 0 Å². The van der Waals surface area contributed by atoms with Gasteiger partial charge in [0.05, 0.1) is 0 Å². The molecule has 0 bridgehead atoms. The van der Waals surface area contributed by atoms with Crippen LogP contribution in [-0.2, 0) is 9.59 Å². The summed E-state index contributed by atoms with van der Waals surface area (Å²) in [5, 5.41) is 11.0. The highest BCUT2D eigenvalue weighted by molar-refractivity contribution is 6.36. The summed E-state index contributed by atoms with van der Waals surface area (Å²) >= 11 is 0. The molecule has 0 radical (unpaired) electrons. The normalized spacial score (nSPS) is 13.1. The quantitative estimate of drug-likeness (QED) is 0.507. The van der Waals surface area contributed by atoms with E-state index in [4.69, 9.17) is 0 Å². The van der Waals surface area contributed by atoms with Crippen LogP contribution in [0, 0.1) is 0 Å². The van der Waals surface area contributed by atoms with E-state index < -0.39 is 11.8 Å². The van der Waals surface area contributed by atoms with E-state index in [9.17, 15) is 9.59 Å². The Morgan fingerprint density at radius 1 is 0.714 bits per heavy atom. The monoisotopic (exact) mass is 277 g/mol. The van der Waals surface area contributed by atoms with Gasteiger partial charge in [-0.3, -0.25) is 9.59 Å². The highest BCUT2D eigenvalue weighted by Gasteiger charge is 2.16. The summed E-state index contributed by atoms with van der Waals surface area (Å²) in [6.07, 6.45) is 0. The molecule has 0 saturated heterocycles. The van der Waals surface area contributed by atoms with Gasteiger partial charge in [0.2, 0.25) is 0 Å². The topological polar surface area (TPSA) is 70.9 Å². The van der Waals surface area contributed by atoms with E-state index in [1.165, 1.54) is 21.5 Å². The maximum absolute atomic E-state index is 9.93. The van der Waals surface area contributed by atoms with Crippen molar-refractivity contribution < 1.29 is 9.59 Å². The first-order valence-electron chi connectivity index (χ1n) is 6.36. The average Bonchev–Trinajstić information content (AvgIpc) is 2.89. The molecule has 3 aromatic rings. The molecule has 0 spiro atoms. The molecular formula is C16H11N3O2. The molecule has 4 rings (SSSR count). The minimum absolute atomic E-state index is 0.764. The molecule has 3 aromatic carbocycles. The lowest BCUT2D eigenvalue weighted by Crippen LogP contribution is -2.17. The van der Waals surface area contributed by atoms with Gasteiger partial charge >= 0.3 is 11.8 Å². The summed E-state index contributed by atoms with van der Waals surface area (Å²) in [5.74, 6) is -1.60. The number of hydrogen-bond acceptors (Lipinski definition) is 3. The number of amides is 2. The van der Waals surface area contributed by atoms with Crippen molar-refractivity contribution in [1.82, 2.24) is 5.43 Å². The SMILES string of the molecule is O=C1N=NNC1=O.c1ccc2cc3ccccc3cc2c1. The van der Waals surface area contributed by atoms with Gasteiger partial charge in [-0.05, 0) is 33.7 Å². The van der Waals surface area contributed by atoms with Crippen LogP contribution in [0.1, 0.15) is 0 Å². The summed E-state index contributed by atoms with van der Waals surface area (Å²) in [7, 11) is 0. The fraction of sp³-hybridized carbons (Fsp3) is 0. The predicted molar refractivity (Wildman–Crippen MR) is 79.5 cm³/mol. The first-order valence-corrected chi connectivity index (χ1v) is 6.36. The molecule has 1 aliphatic heterocycles. The molecule has 1 N–H and O–H groups in total. The van der Waals surface area contributed by atoms with Crippen molar-refractivity contribution in [3.63, 3.8) is 0 Å². The Hall–Kier alpha value is -3.08. The number of hydrogen-bond donors (Lipinski definition) is 1. The Balaban J connectivity index is 0.000000160. The van der Waals surface area contributed by atoms with E-state index in [-0.39, 0.29) is 0 Å². The van der Waals surface area contributed by atoms with Crippen molar-refractivity contribution in [2.24, 2.45) is 10.3 Å². The Labute approximate surface area is 120 Å². The third kappa shape index (κ3) is 2.76. The van der Waals surface area contributed by atoms with Crippen molar-refractivity contribution in [3.05, 3.63) is 60.7 Å². The van der Waals surface area contributed by atoms with Crippen molar-refractivity contribution >= 4 is 33.4 Å². The van der Waals surface area contributed by atoms with E-state index in [1.807, 2.05) is 5.43 Å². The Morgan fingerprint density at radius 3 is 1.38 bits per heavy atom. The van der Waals surface area contributed by atoms with Crippen LogP contribution in [0.5, 0.6) is 0 Å². The average molecular weight is 277 g/mol. The van der Waals surface area contributed by atoms with E-state index in [2.05, 4.69) is 71.0 Å². The molecule has 0 saturated carbocycles. The second-order valence-electron chi connectivity index (χ2n) is 4.49. The third-order valence-corrected chi connectivity index (χ3v) is 3.10. The zero-order valence-corrected chi connectivity index (χ0v) is 11.0. The van der Waals surface area contributed by atoms with Crippen LogP contribution in [0.25, 0.3) is 21.5 Å². The van der Waals surface area contributed by atoms with E-state index in [1.54, 1.807) is 0 Å². The second-order valence-corrected chi connectivity index (χ2v) is 4.49. The van der Waals surface area contributed by atoms with Crippen LogP contribution in [0.4, 0.5) is 0 Å². The van der Waals surface area contributed by atoms with Gasteiger partial charge in [0.15, 0.2) is 0 Å². The Kier molecular flexibility index (Phi) is 3.39.